The molecule has 0 aromatic heterocycles. The molecular formula is C15H21NO2. The smallest absolute Gasteiger partial charge is 0.314 e. The third-order valence-electron chi connectivity index (χ3n) is 3.83. The standard InChI is InChI=1S/C15H21NO2/c1-16-11-7-6-10-13(16)14(15(17)18-2)12-8-4-3-5-9-12/h3-5,8-9,13-14H,6-7,10-11H2,1-2H3/t13-,14-/m0/s1. The predicted octanol–water partition coefficient (Wildman–Crippen LogP) is 2.43. The van der Waals surface area contributed by atoms with Crippen molar-refractivity contribution in [2.24, 2.45) is 0 Å². The molecule has 1 saturated heterocycles. The summed E-state index contributed by atoms with van der Waals surface area (Å²) in [6.07, 6.45) is 3.47. The Balaban J connectivity index is 2.27. The zero-order valence-corrected chi connectivity index (χ0v) is 11.1. The highest BCUT2D eigenvalue weighted by Gasteiger charge is 2.34. The zero-order valence-electron chi connectivity index (χ0n) is 11.1. The number of piperidine rings is 1. The molecule has 0 spiro atoms. The quantitative estimate of drug-likeness (QED) is 0.768. The third-order valence-corrected chi connectivity index (χ3v) is 3.83. The minimum atomic E-state index is -0.165. The highest BCUT2D eigenvalue weighted by atomic mass is 16.5. The topological polar surface area (TPSA) is 29.5 Å². The summed E-state index contributed by atoms with van der Waals surface area (Å²) in [4.78, 5) is 14.4. The van der Waals surface area contributed by atoms with Gasteiger partial charge in [-0.05, 0) is 32.0 Å². The number of hydrogen-bond acceptors (Lipinski definition) is 3. The highest BCUT2D eigenvalue weighted by Crippen LogP contribution is 2.30. The number of ether oxygens (including phenoxy) is 1. The fourth-order valence-corrected chi connectivity index (χ4v) is 2.82. The lowest BCUT2D eigenvalue weighted by Gasteiger charge is -2.37. The van der Waals surface area contributed by atoms with Crippen LogP contribution in [0, 0.1) is 0 Å². The molecule has 2 rings (SSSR count). The van der Waals surface area contributed by atoms with E-state index >= 15 is 0 Å². The molecule has 1 fully saturated rings. The molecular weight excluding hydrogens is 226 g/mol. The largest absolute Gasteiger partial charge is 0.469 e. The lowest BCUT2D eigenvalue weighted by atomic mass is 9.85. The zero-order chi connectivity index (χ0) is 13.0. The number of hydrogen-bond donors (Lipinski definition) is 0. The maximum absolute atomic E-state index is 12.1. The van der Waals surface area contributed by atoms with Gasteiger partial charge in [-0.1, -0.05) is 36.8 Å². The van der Waals surface area contributed by atoms with Crippen LogP contribution in [0.25, 0.3) is 0 Å². The van der Waals surface area contributed by atoms with Crippen LogP contribution in [0.5, 0.6) is 0 Å². The van der Waals surface area contributed by atoms with E-state index in [2.05, 4.69) is 11.9 Å². The molecule has 3 nitrogen and oxygen atoms in total. The molecule has 1 aromatic carbocycles. The lowest BCUT2D eigenvalue weighted by Crippen LogP contribution is -2.43. The summed E-state index contributed by atoms with van der Waals surface area (Å²) < 4.78 is 5.00. The Morgan fingerprint density at radius 1 is 1.33 bits per heavy atom. The Morgan fingerprint density at radius 2 is 2.06 bits per heavy atom. The predicted molar refractivity (Wildman–Crippen MR) is 71.5 cm³/mol. The summed E-state index contributed by atoms with van der Waals surface area (Å²) >= 11 is 0. The van der Waals surface area contributed by atoms with Crippen molar-refractivity contribution >= 4 is 5.97 Å². The number of likely N-dealkylation sites (tertiary alicyclic amines) is 1. The number of likely N-dealkylation sites (N-methyl/N-ethyl adjacent to an activating group) is 1. The first-order valence-electron chi connectivity index (χ1n) is 6.57. The number of methoxy groups -OCH3 is 1. The van der Waals surface area contributed by atoms with Crippen LogP contribution in [-0.2, 0) is 9.53 Å². The lowest BCUT2D eigenvalue weighted by molar-refractivity contribution is -0.144. The Morgan fingerprint density at radius 3 is 2.67 bits per heavy atom. The average molecular weight is 247 g/mol. The number of benzene rings is 1. The van der Waals surface area contributed by atoms with Crippen LogP contribution in [0.4, 0.5) is 0 Å². The SMILES string of the molecule is COC(=O)[C@@H](c1ccccc1)[C@@H]1CCCCN1C. The first-order valence-corrected chi connectivity index (χ1v) is 6.57. The molecule has 3 heteroatoms. The van der Waals surface area contributed by atoms with E-state index in [1.165, 1.54) is 20.0 Å². The van der Waals surface area contributed by atoms with Crippen LogP contribution in [-0.4, -0.2) is 37.6 Å². The minimum Gasteiger partial charge on any atom is -0.469 e. The number of carbonyl (C=O) groups excluding carboxylic acids is 1. The molecule has 0 N–H and O–H groups in total. The molecule has 98 valence electrons. The summed E-state index contributed by atoms with van der Waals surface area (Å²) in [6, 6.07) is 10.2. The van der Waals surface area contributed by atoms with E-state index in [0.29, 0.717) is 0 Å². The van der Waals surface area contributed by atoms with Gasteiger partial charge in [0.05, 0.1) is 13.0 Å². The molecule has 0 unspecified atom stereocenters. The Labute approximate surface area is 109 Å². The maximum atomic E-state index is 12.1. The molecule has 0 amide bonds. The molecule has 1 heterocycles. The van der Waals surface area contributed by atoms with E-state index in [1.807, 2.05) is 30.3 Å². The molecule has 0 saturated carbocycles. The molecule has 0 bridgehead atoms. The van der Waals surface area contributed by atoms with Gasteiger partial charge in [-0.2, -0.15) is 0 Å². The molecule has 0 aliphatic carbocycles. The van der Waals surface area contributed by atoms with Gasteiger partial charge in [-0.3, -0.25) is 4.79 Å². The van der Waals surface area contributed by atoms with E-state index in [-0.39, 0.29) is 17.9 Å². The van der Waals surface area contributed by atoms with Gasteiger partial charge in [0.25, 0.3) is 0 Å². The number of rotatable bonds is 3. The third kappa shape index (κ3) is 2.72. The number of carbonyl (C=O) groups is 1. The molecule has 0 radical (unpaired) electrons. The van der Waals surface area contributed by atoms with Crippen molar-refractivity contribution in [2.75, 3.05) is 20.7 Å². The van der Waals surface area contributed by atoms with Crippen molar-refractivity contribution in [2.45, 2.75) is 31.2 Å². The van der Waals surface area contributed by atoms with Crippen molar-refractivity contribution in [3.8, 4) is 0 Å². The van der Waals surface area contributed by atoms with Gasteiger partial charge in [0.1, 0.15) is 0 Å². The van der Waals surface area contributed by atoms with Gasteiger partial charge in [-0.15, -0.1) is 0 Å². The first kappa shape index (κ1) is 13.1. The highest BCUT2D eigenvalue weighted by molar-refractivity contribution is 5.79. The first-order chi connectivity index (χ1) is 8.74. The Kier molecular flexibility index (Phi) is 4.37. The van der Waals surface area contributed by atoms with Gasteiger partial charge in [-0.25, -0.2) is 0 Å². The van der Waals surface area contributed by atoms with E-state index in [4.69, 9.17) is 4.74 Å². The molecule has 1 aliphatic heterocycles. The van der Waals surface area contributed by atoms with Crippen molar-refractivity contribution in [3.05, 3.63) is 35.9 Å². The van der Waals surface area contributed by atoms with E-state index in [0.717, 1.165) is 18.5 Å². The van der Waals surface area contributed by atoms with Crippen molar-refractivity contribution < 1.29 is 9.53 Å². The maximum Gasteiger partial charge on any atom is 0.314 e. The summed E-state index contributed by atoms with van der Waals surface area (Å²) in [5.74, 6) is -0.290. The fraction of sp³-hybridized carbons (Fsp3) is 0.533. The minimum absolute atomic E-state index is 0.125. The molecule has 1 aliphatic rings. The van der Waals surface area contributed by atoms with Gasteiger partial charge in [0, 0.05) is 6.04 Å². The van der Waals surface area contributed by atoms with Crippen molar-refractivity contribution in [1.29, 1.82) is 0 Å². The Bertz CT molecular complexity index is 391. The van der Waals surface area contributed by atoms with Gasteiger partial charge in [0.15, 0.2) is 0 Å². The second-order valence-corrected chi connectivity index (χ2v) is 4.96. The van der Waals surface area contributed by atoms with E-state index in [1.54, 1.807) is 0 Å². The second kappa shape index (κ2) is 6.01. The summed E-state index contributed by atoms with van der Waals surface area (Å²) in [5, 5.41) is 0. The molecule has 1 aromatic rings. The van der Waals surface area contributed by atoms with Gasteiger partial charge < -0.3 is 9.64 Å². The summed E-state index contributed by atoms with van der Waals surface area (Å²) in [7, 11) is 3.57. The normalized spacial score (nSPS) is 22.4. The van der Waals surface area contributed by atoms with Crippen LogP contribution < -0.4 is 0 Å². The van der Waals surface area contributed by atoms with E-state index in [9.17, 15) is 4.79 Å². The van der Waals surface area contributed by atoms with Crippen LogP contribution in [0.15, 0.2) is 30.3 Å². The van der Waals surface area contributed by atoms with Crippen molar-refractivity contribution in [1.82, 2.24) is 4.90 Å². The van der Waals surface area contributed by atoms with Gasteiger partial charge >= 0.3 is 5.97 Å². The number of esters is 1. The molecule has 18 heavy (non-hydrogen) atoms. The fourth-order valence-electron chi connectivity index (χ4n) is 2.82. The number of nitrogens with zero attached hydrogens (tertiary/aromatic N) is 1. The van der Waals surface area contributed by atoms with Crippen LogP contribution in [0.3, 0.4) is 0 Å². The average Bonchev–Trinajstić information content (AvgIpc) is 2.42. The monoisotopic (exact) mass is 247 g/mol. The van der Waals surface area contributed by atoms with Crippen molar-refractivity contribution in [3.63, 3.8) is 0 Å². The summed E-state index contributed by atoms with van der Waals surface area (Å²) in [5.41, 5.74) is 1.06. The second-order valence-electron chi connectivity index (χ2n) is 4.96. The summed E-state index contributed by atoms with van der Waals surface area (Å²) in [6.45, 7) is 1.06. The van der Waals surface area contributed by atoms with Crippen LogP contribution >= 0.6 is 0 Å². The van der Waals surface area contributed by atoms with Gasteiger partial charge in [0.2, 0.25) is 0 Å². The Hall–Kier alpha value is -1.35. The van der Waals surface area contributed by atoms with E-state index < -0.39 is 0 Å². The van der Waals surface area contributed by atoms with Crippen LogP contribution in [0.1, 0.15) is 30.7 Å². The molecule has 2 atom stereocenters. The van der Waals surface area contributed by atoms with Crippen LogP contribution in [0.2, 0.25) is 0 Å².